The van der Waals surface area contributed by atoms with Crippen molar-refractivity contribution < 1.29 is 8.78 Å². The summed E-state index contributed by atoms with van der Waals surface area (Å²) in [5, 5.41) is 4.12. The predicted octanol–water partition coefficient (Wildman–Crippen LogP) is 4.06. The number of nitrogens with one attached hydrogen (secondary N) is 1. The first-order valence-electron chi connectivity index (χ1n) is 5.15. The van der Waals surface area contributed by atoms with Crippen molar-refractivity contribution in [2.45, 2.75) is 0 Å². The molecule has 2 aromatic carbocycles. The molecule has 2 aromatic rings. The highest BCUT2D eigenvalue weighted by Gasteiger charge is 2.03. The summed E-state index contributed by atoms with van der Waals surface area (Å²) in [5.74, 6) is -0.783. The Labute approximate surface area is 108 Å². The number of hydrogen-bond acceptors (Lipinski definition) is 2. The minimum atomic E-state index is -0.452. The van der Waals surface area contributed by atoms with E-state index in [-0.39, 0.29) is 16.4 Å². The Bertz CT molecular complexity index is 547. The molecule has 5 heteroatoms. The highest BCUT2D eigenvalue weighted by molar-refractivity contribution is 6.33. The van der Waals surface area contributed by atoms with Crippen LogP contribution in [0.5, 0.6) is 0 Å². The maximum absolute atomic E-state index is 13.4. The van der Waals surface area contributed by atoms with Crippen molar-refractivity contribution in [1.82, 2.24) is 0 Å². The van der Waals surface area contributed by atoms with Gasteiger partial charge in [0, 0.05) is 5.56 Å². The standard InChI is InChI=1S/C13H9ClF2N2/c14-12-2-1-3-13(16)11(12)8-17-18-10-6-4-9(15)5-7-10/h1-8,18H/b17-8+. The molecule has 92 valence electrons. The molecular weight excluding hydrogens is 258 g/mol. The number of anilines is 1. The average Bonchev–Trinajstić information content (AvgIpc) is 2.35. The molecule has 2 nitrogen and oxygen atoms in total. The van der Waals surface area contributed by atoms with Gasteiger partial charge < -0.3 is 0 Å². The molecule has 0 atom stereocenters. The SMILES string of the molecule is Fc1ccc(N/N=C/c2c(F)cccc2Cl)cc1. The summed E-state index contributed by atoms with van der Waals surface area (Å²) < 4.78 is 26.0. The van der Waals surface area contributed by atoms with Crippen molar-refractivity contribution in [2.24, 2.45) is 5.10 Å². The van der Waals surface area contributed by atoms with Gasteiger partial charge in [-0.25, -0.2) is 8.78 Å². The summed E-state index contributed by atoms with van der Waals surface area (Å²) in [7, 11) is 0. The lowest BCUT2D eigenvalue weighted by Crippen LogP contribution is -1.94. The van der Waals surface area contributed by atoms with Crippen molar-refractivity contribution in [1.29, 1.82) is 0 Å². The fourth-order valence-corrected chi connectivity index (χ4v) is 1.54. The zero-order chi connectivity index (χ0) is 13.0. The van der Waals surface area contributed by atoms with Crippen LogP contribution in [-0.4, -0.2) is 6.21 Å². The van der Waals surface area contributed by atoms with E-state index >= 15 is 0 Å². The number of rotatable bonds is 3. The Kier molecular flexibility index (Phi) is 3.89. The van der Waals surface area contributed by atoms with Gasteiger partial charge in [-0.05, 0) is 36.4 Å². The van der Waals surface area contributed by atoms with Gasteiger partial charge in [0.25, 0.3) is 0 Å². The molecule has 0 unspecified atom stereocenters. The summed E-state index contributed by atoms with van der Waals surface area (Å²) in [4.78, 5) is 0. The fourth-order valence-electron chi connectivity index (χ4n) is 1.33. The van der Waals surface area contributed by atoms with E-state index in [4.69, 9.17) is 11.6 Å². The minimum Gasteiger partial charge on any atom is -0.278 e. The van der Waals surface area contributed by atoms with Gasteiger partial charge in [-0.1, -0.05) is 17.7 Å². The summed E-state index contributed by atoms with van der Waals surface area (Å²) in [6, 6.07) is 10.0. The zero-order valence-electron chi connectivity index (χ0n) is 9.20. The highest BCUT2D eigenvalue weighted by atomic mass is 35.5. The fraction of sp³-hybridized carbons (Fsp3) is 0. The summed E-state index contributed by atoms with van der Waals surface area (Å²) >= 11 is 5.82. The Morgan fingerprint density at radius 2 is 1.78 bits per heavy atom. The Balaban J connectivity index is 2.10. The van der Waals surface area contributed by atoms with Crippen LogP contribution in [0, 0.1) is 11.6 Å². The monoisotopic (exact) mass is 266 g/mol. The second kappa shape index (κ2) is 5.60. The van der Waals surface area contributed by atoms with Gasteiger partial charge in [0.05, 0.1) is 16.9 Å². The predicted molar refractivity (Wildman–Crippen MR) is 69.0 cm³/mol. The molecule has 0 aliphatic rings. The third-order valence-corrected chi connectivity index (χ3v) is 2.56. The first-order valence-corrected chi connectivity index (χ1v) is 5.53. The summed E-state index contributed by atoms with van der Waals surface area (Å²) in [6.45, 7) is 0. The highest BCUT2D eigenvalue weighted by Crippen LogP contribution is 2.16. The van der Waals surface area contributed by atoms with Crippen LogP contribution < -0.4 is 5.43 Å². The smallest absolute Gasteiger partial charge is 0.133 e. The topological polar surface area (TPSA) is 24.4 Å². The molecule has 0 aliphatic heterocycles. The van der Waals surface area contributed by atoms with Gasteiger partial charge in [-0.15, -0.1) is 0 Å². The Hall–Kier alpha value is -1.94. The molecule has 0 amide bonds. The second-order valence-electron chi connectivity index (χ2n) is 3.51. The maximum Gasteiger partial charge on any atom is 0.133 e. The second-order valence-corrected chi connectivity index (χ2v) is 3.92. The number of hydrazone groups is 1. The molecule has 2 rings (SSSR count). The van der Waals surface area contributed by atoms with Gasteiger partial charge in [0.15, 0.2) is 0 Å². The van der Waals surface area contributed by atoms with Crippen LogP contribution in [0.1, 0.15) is 5.56 Å². The van der Waals surface area contributed by atoms with Crippen LogP contribution in [0.4, 0.5) is 14.5 Å². The van der Waals surface area contributed by atoms with Crippen molar-refractivity contribution >= 4 is 23.5 Å². The molecule has 0 aromatic heterocycles. The van der Waals surface area contributed by atoms with E-state index in [1.165, 1.54) is 42.6 Å². The van der Waals surface area contributed by atoms with Crippen molar-refractivity contribution in [3.63, 3.8) is 0 Å². The van der Waals surface area contributed by atoms with E-state index in [0.29, 0.717) is 5.69 Å². The lowest BCUT2D eigenvalue weighted by atomic mass is 10.2. The van der Waals surface area contributed by atoms with Crippen LogP contribution in [-0.2, 0) is 0 Å². The quantitative estimate of drug-likeness (QED) is 0.657. The van der Waals surface area contributed by atoms with Crippen molar-refractivity contribution in [2.75, 3.05) is 5.43 Å². The van der Waals surface area contributed by atoms with Gasteiger partial charge in [-0.2, -0.15) is 5.10 Å². The first kappa shape index (κ1) is 12.5. The van der Waals surface area contributed by atoms with E-state index in [1.807, 2.05) is 0 Å². The number of nitrogens with zero attached hydrogens (tertiary/aromatic N) is 1. The molecule has 0 aliphatic carbocycles. The van der Waals surface area contributed by atoms with Gasteiger partial charge in [0.2, 0.25) is 0 Å². The molecule has 0 bridgehead atoms. The van der Waals surface area contributed by atoms with Gasteiger partial charge in [0.1, 0.15) is 11.6 Å². The molecular formula is C13H9ClF2N2. The molecule has 0 spiro atoms. The lowest BCUT2D eigenvalue weighted by Gasteiger charge is -2.01. The van der Waals surface area contributed by atoms with E-state index in [2.05, 4.69) is 10.5 Å². The van der Waals surface area contributed by atoms with E-state index < -0.39 is 5.82 Å². The molecule has 18 heavy (non-hydrogen) atoms. The van der Waals surface area contributed by atoms with Crippen LogP contribution in [0.25, 0.3) is 0 Å². The largest absolute Gasteiger partial charge is 0.278 e. The van der Waals surface area contributed by atoms with Gasteiger partial charge in [-0.3, -0.25) is 5.43 Å². The Morgan fingerprint density at radius 1 is 1.06 bits per heavy atom. The molecule has 0 saturated carbocycles. The van der Waals surface area contributed by atoms with Crippen LogP contribution in [0.15, 0.2) is 47.6 Å². The summed E-state index contributed by atoms with van der Waals surface area (Å²) in [5.41, 5.74) is 3.45. The number of benzene rings is 2. The lowest BCUT2D eigenvalue weighted by molar-refractivity contribution is 0.626. The zero-order valence-corrected chi connectivity index (χ0v) is 9.96. The van der Waals surface area contributed by atoms with E-state index in [1.54, 1.807) is 6.07 Å². The number of hydrogen-bond donors (Lipinski definition) is 1. The van der Waals surface area contributed by atoms with Crippen LogP contribution >= 0.6 is 11.6 Å². The molecule has 0 fully saturated rings. The van der Waals surface area contributed by atoms with E-state index in [9.17, 15) is 8.78 Å². The van der Waals surface area contributed by atoms with Crippen LogP contribution in [0.3, 0.4) is 0 Å². The number of halogens is 3. The molecule has 0 saturated heterocycles. The molecule has 1 N–H and O–H groups in total. The third kappa shape index (κ3) is 3.05. The average molecular weight is 267 g/mol. The van der Waals surface area contributed by atoms with Crippen molar-refractivity contribution in [3.05, 3.63) is 64.7 Å². The molecule has 0 heterocycles. The maximum atomic E-state index is 13.4. The first-order chi connectivity index (χ1) is 8.66. The van der Waals surface area contributed by atoms with E-state index in [0.717, 1.165) is 0 Å². The minimum absolute atomic E-state index is 0.203. The normalized spacial score (nSPS) is 10.8. The third-order valence-electron chi connectivity index (χ3n) is 2.23. The summed E-state index contributed by atoms with van der Waals surface area (Å²) in [6.07, 6.45) is 1.28. The van der Waals surface area contributed by atoms with Crippen molar-refractivity contribution in [3.8, 4) is 0 Å². The molecule has 0 radical (unpaired) electrons. The van der Waals surface area contributed by atoms with Crippen LogP contribution in [0.2, 0.25) is 5.02 Å². The Morgan fingerprint density at radius 3 is 2.44 bits per heavy atom. The van der Waals surface area contributed by atoms with Gasteiger partial charge >= 0.3 is 0 Å².